The molecule has 0 aliphatic carbocycles. The monoisotopic (exact) mass is 196 g/mol. The van der Waals surface area contributed by atoms with Gasteiger partial charge in [0.05, 0.1) is 0 Å². The van der Waals surface area contributed by atoms with Gasteiger partial charge in [-0.3, -0.25) is 4.79 Å². The van der Waals surface area contributed by atoms with Gasteiger partial charge in [-0.05, 0) is 19.8 Å². The molecule has 1 amide bonds. The summed E-state index contributed by atoms with van der Waals surface area (Å²) < 4.78 is 0. The van der Waals surface area contributed by atoms with E-state index in [-0.39, 0.29) is 5.91 Å². The SMILES string of the molecule is C[C@H]1CCCN1C(=O)c1nccs1. The molecular weight excluding hydrogens is 184 g/mol. The molecule has 0 N–H and O–H groups in total. The first kappa shape index (κ1) is 8.69. The van der Waals surface area contributed by atoms with Gasteiger partial charge in [-0.25, -0.2) is 4.98 Å². The van der Waals surface area contributed by atoms with Crippen LogP contribution in [0.25, 0.3) is 0 Å². The molecule has 13 heavy (non-hydrogen) atoms. The highest BCUT2D eigenvalue weighted by molar-refractivity contribution is 7.11. The maximum Gasteiger partial charge on any atom is 0.283 e. The van der Waals surface area contributed by atoms with Gasteiger partial charge in [-0.1, -0.05) is 0 Å². The van der Waals surface area contributed by atoms with E-state index < -0.39 is 0 Å². The van der Waals surface area contributed by atoms with Gasteiger partial charge < -0.3 is 4.90 Å². The van der Waals surface area contributed by atoms with Crippen LogP contribution in [0.4, 0.5) is 0 Å². The Bertz CT molecular complexity index is 297. The Kier molecular flexibility index (Phi) is 2.31. The Morgan fingerprint density at radius 3 is 3.15 bits per heavy atom. The predicted octanol–water partition coefficient (Wildman–Crippen LogP) is 1.77. The molecule has 1 aromatic rings. The summed E-state index contributed by atoms with van der Waals surface area (Å²) in [4.78, 5) is 17.7. The number of likely N-dealkylation sites (tertiary alicyclic amines) is 1. The van der Waals surface area contributed by atoms with E-state index in [0.717, 1.165) is 19.4 Å². The fourth-order valence-electron chi connectivity index (χ4n) is 1.69. The van der Waals surface area contributed by atoms with E-state index in [2.05, 4.69) is 11.9 Å². The second kappa shape index (κ2) is 3.46. The number of nitrogens with zero attached hydrogens (tertiary/aromatic N) is 2. The quantitative estimate of drug-likeness (QED) is 0.685. The molecule has 0 saturated carbocycles. The third-order valence-corrected chi connectivity index (χ3v) is 3.19. The van der Waals surface area contributed by atoms with Crippen LogP contribution in [0.1, 0.15) is 29.6 Å². The summed E-state index contributed by atoms with van der Waals surface area (Å²) in [6.07, 6.45) is 3.92. The van der Waals surface area contributed by atoms with Crippen LogP contribution in [0.15, 0.2) is 11.6 Å². The molecule has 4 heteroatoms. The molecule has 2 rings (SSSR count). The molecule has 1 fully saturated rings. The summed E-state index contributed by atoms with van der Waals surface area (Å²) in [7, 11) is 0. The van der Waals surface area contributed by atoms with Crippen molar-refractivity contribution in [3.63, 3.8) is 0 Å². The summed E-state index contributed by atoms with van der Waals surface area (Å²) in [5.41, 5.74) is 0. The summed E-state index contributed by atoms with van der Waals surface area (Å²) in [5, 5.41) is 2.46. The summed E-state index contributed by atoms with van der Waals surface area (Å²) in [5.74, 6) is 0.0972. The number of hydrogen-bond donors (Lipinski definition) is 0. The number of carbonyl (C=O) groups excluding carboxylic acids is 1. The number of rotatable bonds is 1. The second-order valence-corrected chi connectivity index (χ2v) is 4.22. The lowest BCUT2D eigenvalue weighted by molar-refractivity contribution is 0.0747. The first-order valence-corrected chi connectivity index (χ1v) is 5.37. The highest BCUT2D eigenvalue weighted by Gasteiger charge is 2.26. The minimum atomic E-state index is 0.0972. The fraction of sp³-hybridized carbons (Fsp3) is 0.556. The van der Waals surface area contributed by atoms with Crippen LogP contribution in [0.2, 0.25) is 0 Å². The molecule has 1 aliphatic rings. The van der Waals surface area contributed by atoms with Crippen molar-refractivity contribution in [3.05, 3.63) is 16.6 Å². The molecule has 2 heterocycles. The Morgan fingerprint density at radius 1 is 1.77 bits per heavy atom. The number of carbonyl (C=O) groups is 1. The van der Waals surface area contributed by atoms with E-state index in [4.69, 9.17) is 0 Å². The molecule has 3 nitrogen and oxygen atoms in total. The van der Waals surface area contributed by atoms with Crippen LogP contribution < -0.4 is 0 Å². The van der Waals surface area contributed by atoms with Crippen LogP contribution in [-0.2, 0) is 0 Å². The molecule has 0 radical (unpaired) electrons. The van der Waals surface area contributed by atoms with Crippen LogP contribution in [0.5, 0.6) is 0 Å². The molecule has 1 atom stereocenters. The third-order valence-electron chi connectivity index (χ3n) is 2.43. The van der Waals surface area contributed by atoms with Gasteiger partial charge in [0, 0.05) is 24.2 Å². The van der Waals surface area contributed by atoms with Crippen molar-refractivity contribution in [1.82, 2.24) is 9.88 Å². The van der Waals surface area contributed by atoms with Crippen molar-refractivity contribution in [2.75, 3.05) is 6.54 Å². The number of thiazole rings is 1. The minimum absolute atomic E-state index is 0.0972. The summed E-state index contributed by atoms with van der Waals surface area (Å²) in [6, 6.07) is 0.386. The normalized spacial score (nSPS) is 22.2. The molecule has 0 aromatic carbocycles. The maximum atomic E-state index is 11.8. The molecule has 1 aliphatic heterocycles. The zero-order chi connectivity index (χ0) is 9.26. The van der Waals surface area contributed by atoms with Gasteiger partial charge in [0.1, 0.15) is 0 Å². The van der Waals surface area contributed by atoms with Gasteiger partial charge in [-0.15, -0.1) is 11.3 Å². The van der Waals surface area contributed by atoms with Crippen molar-refractivity contribution in [1.29, 1.82) is 0 Å². The third kappa shape index (κ3) is 1.58. The van der Waals surface area contributed by atoms with E-state index in [9.17, 15) is 4.79 Å². The highest BCUT2D eigenvalue weighted by Crippen LogP contribution is 2.19. The van der Waals surface area contributed by atoms with Crippen LogP contribution in [0, 0.1) is 0 Å². The van der Waals surface area contributed by atoms with Crippen molar-refractivity contribution >= 4 is 17.2 Å². The molecular formula is C9H12N2OS. The molecule has 0 bridgehead atoms. The largest absolute Gasteiger partial charge is 0.334 e. The zero-order valence-electron chi connectivity index (χ0n) is 7.56. The van der Waals surface area contributed by atoms with Crippen LogP contribution in [-0.4, -0.2) is 28.4 Å². The average Bonchev–Trinajstić information content (AvgIpc) is 2.72. The Labute approximate surface area is 81.4 Å². The first-order valence-electron chi connectivity index (χ1n) is 4.49. The van der Waals surface area contributed by atoms with Gasteiger partial charge in [0.2, 0.25) is 0 Å². The van der Waals surface area contributed by atoms with E-state index in [1.807, 2.05) is 10.3 Å². The summed E-state index contributed by atoms with van der Waals surface area (Å²) in [6.45, 7) is 2.98. The molecule has 1 aromatic heterocycles. The maximum absolute atomic E-state index is 11.8. The minimum Gasteiger partial charge on any atom is -0.334 e. The van der Waals surface area contributed by atoms with Crippen molar-refractivity contribution < 1.29 is 4.79 Å². The Balaban J connectivity index is 2.13. The lowest BCUT2D eigenvalue weighted by atomic mass is 10.2. The van der Waals surface area contributed by atoms with Crippen molar-refractivity contribution in [2.45, 2.75) is 25.8 Å². The topological polar surface area (TPSA) is 33.2 Å². The average molecular weight is 196 g/mol. The van der Waals surface area contributed by atoms with E-state index in [1.165, 1.54) is 11.3 Å². The first-order chi connectivity index (χ1) is 6.29. The Morgan fingerprint density at radius 2 is 2.62 bits per heavy atom. The van der Waals surface area contributed by atoms with E-state index >= 15 is 0 Å². The van der Waals surface area contributed by atoms with Crippen LogP contribution in [0.3, 0.4) is 0 Å². The van der Waals surface area contributed by atoms with Gasteiger partial charge in [0.25, 0.3) is 5.91 Å². The number of amides is 1. The molecule has 1 saturated heterocycles. The van der Waals surface area contributed by atoms with E-state index in [0.29, 0.717) is 11.0 Å². The summed E-state index contributed by atoms with van der Waals surface area (Å²) >= 11 is 1.42. The van der Waals surface area contributed by atoms with Gasteiger partial charge in [-0.2, -0.15) is 0 Å². The van der Waals surface area contributed by atoms with Gasteiger partial charge >= 0.3 is 0 Å². The Hall–Kier alpha value is -0.900. The zero-order valence-corrected chi connectivity index (χ0v) is 8.38. The molecule has 0 spiro atoms. The van der Waals surface area contributed by atoms with Crippen LogP contribution >= 0.6 is 11.3 Å². The number of aromatic nitrogens is 1. The smallest absolute Gasteiger partial charge is 0.283 e. The van der Waals surface area contributed by atoms with Crippen molar-refractivity contribution in [3.8, 4) is 0 Å². The standard InChI is InChI=1S/C9H12N2OS/c1-7-3-2-5-11(7)9(12)8-10-4-6-13-8/h4,6-7H,2-3,5H2,1H3/t7-/m0/s1. The lowest BCUT2D eigenvalue weighted by Gasteiger charge is -2.19. The number of hydrogen-bond acceptors (Lipinski definition) is 3. The van der Waals surface area contributed by atoms with Crippen molar-refractivity contribution in [2.24, 2.45) is 0 Å². The lowest BCUT2D eigenvalue weighted by Crippen LogP contribution is -2.33. The van der Waals surface area contributed by atoms with E-state index in [1.54, 1.807) is 6.20 Å². The highest BCUT2D eigenvalue weighted by atomic mass is 32.1. The molecule has 70 valence electrons. The second-order valence-electron chi connectivity index (χ2n) is 3.33. The predicted molar refractivity (Wildman–Crippen MR) is 51.8 cm³/mol. The molecule has 0 unspecified atom stereocenters. The van der Waals surface area contributed by atoms with Gasteiger partial charge in [0.15, 0.2) is 5.01 Å². The fourth-order valence-corrected chi connectivity index (χ4v) is 2.28.